The van der Waals surface area contributed by atoms with E-state index in [1.165, 1.54) is 5.59 Å². The van der Waals surface area contributed by atoms with E-state index in [1.54, 1.807) is 0 Å². The molecule has 0 spiro atoms. The average molecular weight is 211 g/mol. The molecular formula is C13H16BN2+. The summed E-state index contributed by atoms with van der Waals surface area (Å²) < 4.78 is 2.40. The summed E-state index contributed by atoms with van der Waals surface area (Å²) in [6.07, 6.45) is 8.67. The molecule has 3 rings (SSSR count). The van der Waals surface area contributed by atoms with Gasteiger partial charge in [-0.25, -0.2) is 4.57 Å². The minimum Gasteiger partial charge on any atom is -0.400 e. The first kappa shape index (κ1) is 9.70. The molecule has 16 heavy (non-hydrogen) atoms. The molecular weight excluding hydrogens is 195 g/mol. The number of nitrogens with zero attached hydrogens (tertiary/aromatic N) is 2. The molecule has 2 aliphatic rings. The van der Waals surface area contributed by atoms with Crippen LogP contribution in [0.2, 0.25) is 0 Å². The number of aromatic nitrogens is 1. The van der Waals surface area contributed by atoms with Crippen LogP contribution in [0.15, 0.2) is 48.7 Å². The molecule has 2 atom stereocenters. The first-order chi connectivity index (χ1) is 7.79. The fourth-order valence-corrected chi connectivity index (χ4v) is 2.72. The molecule has 0 saturated carbocycles. The van der Waals surface area contributed by atoms with E-state index in [-0.39, 0.29) is 0 Å². The largest absolute Gasteiger partial charge is 0.400 e. The molecule has 3 heterocycles. The number of rotatable bonds is 0. The molecule has 2 unspecified atom stereocenters. The number of pyridine rings is 1. The molecule has 0 bridgehead atoms. The number of allylic oxidation sites excluding steroid dienone is 2. The van der Waals surface area contributed by atoms with Gasteiger partial charge in [-0.1, -0.05) is 18.1 Å². The van der Waals surface area contributed by atoms with Crippen LogP contribution in [-0.2, 0) is 0 Å². The number of hydrogen-bond donors (Lipinski definition) is 0. The lowest BCUT2D eigenvalue weighted by molar-refractivity contribution is -0.710. The van der Waals surface area contributed by atoms with Gasteiger partial charge in [0.25, 0.3) is 0 Å². The summed E-state index contributed by atoms with van der Waals surface area (Å²) in [6.45, 7) is 4.98. The van der Waals surface area contributed by atoms with Crippen LogP contribution in [-0.4, -0.2) is 17.7 Å². The van der Waals surface area contributed by atoms with Crippen molar-refractivity contribution in [3.63, 3.8) is 0 Å². The summed E-state index contributed by atoms with van der Waals surface area (Å²) in [5.74, 6) is 2.27. The van der Waals surface area contributed by atoms with Gasteiger partial charge in [0, 0.05) is 6.07 Å². The maximum absolute atomic E-state index is 2.44. The quantitative estimate of drug-likeness (QED) is 0.459. The van der Waals surface area contributed by atoms with Crippen LogP contribution in [0.25, 0.3) is 0 Å². The monoisotopic (exact) mass is 211 g/mol. The van der Waals surface area contributed by atoms with E-state index in [0.717, 1.165) is 0 Å². The SMILES string of the molecule is CC1C(C)[n+]2ccccc2B2C=CC=CN21. The number of fused-ring (bicyclic) bond motifs is 3. The minimum absolute atomic E-state index is 0.400. The van der Waals surface area contributed by atoms with Crippen LogP contribution in [0.5, 0.6) is 0 Å². The molecule has 0 aliphatic carbocycles. The normalized spacial score (nSPS) is 26.6. The van der Waals surface area contributed by atoms with Gasteiger partial charge < -0.3 is 4.81 Å². The summed E-state index contributed by atoms with van der Waals surface area (Å²) >= 11 is 0. The van der Waals surface area contributed by atoms with Gasteiger partial charge in [-0.05, 0) is 32.2 Å². The molecule has 0 saturated heterocycles. The van der Waals surface area contributed by atoms with Crippen molar-refractivity contribution in [3.8, 4) is 0 Å². The van der Waals surface area contributed by atoms with Crippen LogP contribution >= 0.6 is 0 Å². The topological polar surface area (TPSA) is 7.12 Å². The summed E-state index contributed by atoms with van der Waals surface area (Å²) in [6, 6.07) is 7.52. The van der Waals surface area contributed by atoms with Crippen molar-refractivity contribution in [2.24, 2.45) is 0 Å². The Kier molecular flexibility index (Phi) is 2.13. The Morgan fingerprint density at radius 1 is 1.25 bits per heavy atom. The zero-order chi connectivity index (χ0) is 11.1. The fraction of sp³-hybridized carbons (Fsp3) is 0.308. The number of hydrogen-bond acceptors (Lipinski definition) is 1. The van der Waals surface area contributed by atoms with E-state index in [9.17, 15) is 0 Å². The molecule has 1 aromatic rings. The average Bonchev–Trinajstić information content (AvgIpc) is 2.36. The van der Waals surface area contributed by atoms with E-state index in [0.29, 0.717) is 18.9 Å². The lowest BCUT2D eigenvalue weighted by Gasteiger charge is -2.38. The van der Waals surface area contributed by atoms with Gasteiger partial charge >= 0.3 is 6.85 Å². The Labute approximate surface area is 97.0 Å². The first-order valence-corrected chi connectivity index (χ1v) is 5.91. The van der Waals surface area contributed by atoms with E-state index < -0.39 is 0 Å². The van der Waals surface area contributed by atoms with Crippen molar-refractivity contribution in [2.75, 3.05) is 0 Å². The second-order valence-corrected chi connectivity index (χ2v) is 4.63. The van der Waals surface area contributed by atoms with E-state index >= 15 is 0 Å². The predicted molar refractivity (Wildman–Crippen MR) is 66.3 cm³/mol. The smallest absolute Gasteiger partial charge is 0.396 e. The maximum atomic E-state index is 2.44. The van der Waals surface area contributed by atoms with Crippen LogP contribution in [0.4, 0.5) is 0 Å². The molecule has 0 N–H and O–H groups in total. The Hall–Kier alpha value is -1.51. The van der Waals surface area contributed by atoms with Crippen molar-refractivity contribution in [1.29, 1.82) is 0 Å². The van der Waals surface area contributed by atoms with Crippen molar-refractivity contribution < 1.29 is 4.57 Å². The van der Waals surface area contributed by atoms with E-state index in [4.69, 9.17) is 0 Å². The standard InChI is InChI=1S/C13H16BN2/c1-11-12(2)16-10-6-4-8-14(16)13-7-3-5-9-15(11)13/h3-12H,1-2H3/q+1. The highest BCUT2D eigenvalue weighted by Crippen LogP contribution is 2.19. The Morgan fingerprint density at radius 3 is 3.00 bits per heavy atom. The lowest BCUT2D eigenvalue weighted by Crippen LogP contribution is -2.72. The lowest BCUT2D eigenvalue weighted by atomic mass is 9.53. The summed E-state index contributed by atoms with van der Waals surface area (Å²) in [5, 5.41) is 0. The van der Waals surface area contributed by atoms with Crippen LogP contribution < -0.4 is 10.2 Å². The highest BCUT2D eigenvalue weighted by molar-refractivity contribution is 6.74. The minimum atomic E-state index is 0.400. The van der Waals surface area contributed by atoms with E-state index in [1.807, 2.05) is 0 Å². The van der Waals surface area contributed by atoms with Crippen molar-refractivity contribution in [2.45, 2.75) is 25.9 Å². The Morgan fingerprint density at radius 2 is 2.12 bits per heavy atom. The van der Waals surface area contributed by atoms with Crippen molar-refractivity contribution >= 4 is 12.4 Å². The summed E-state index contributed by atoms with van der Waals surface area (Å²) in [4.78, 5) is 2.44. The zero-order valence-electron chi connectivity index (χ0n) is 9.75. The molecule has 0 aromatic carbocycles. The second-order valence-electron chi connectivity index (χ2n) is 4.63. The van der Waals surface area contributed by atoms with Crippen LogP contribution in [0.1, 0.15) is 19.9 Å². The Balaban J connectivity index is 2.16. The van der Waals surface area contributed by atoms with Gasteiger partial charge in [0.1, 0.15) is 0 Å². The van der Waals surface area contributed by atoms with Crippen molar-refractivity contribution in [1.82, 2.24) is 4.81 Å². The van der Waals surface area contributed by atoms with Gasteiger partial charge in [-0.2, -0.15) is 0 Å². The third-order valence-electron chi connectivity index (χ3n) is 3.82. The zero-order valence-corrected chi connectivity index (χ0v) is 9.75. The molecule has 3 heteroatoms. The third-order valence-corrected chi connectivity index (χ3v) is 3.82. The molecule has 1 aromatic heterocycles. The molecule has 2 aliphatic heterocycles. The van der Waals surface area contributed by atoms with Gasteiger partial charge in [0.2, 0.25) is 0 Å². The highest BCUT2D eigenvalue weighted by Gasteiger charge is 2.43. The van der Waals surface area contributed by atoms with Gasteiger partial charge in [-0.15, -0.1) is 0 Å². The van der Waals surface area contributed by atoms with Crippen LogP contribution in [0, 0.1) is 0 Å². The Bertz CT molecular complexity index is 467. The third kappa shape index (κ3) is 1.24. The molecule has 0 fully saturated rings. The molecule has 0 radical (unpaired) electrons. The molecule has 2 nitrogen and oxygen atoms in total. The van der Waals surface area contributed by atoms with Gasteiger partial charge in [-0.3, -0.25) is 0 Å². The summed E-state index contributed by atoms with van der Waals surface area (Å²) in [7, 11) is 0. The summed E-state index contributed by atoms with van der Waals surface area (Å²) in [5.41, 5.74) is 1.38. The van der Waals surface area contributed by atoms with E-state index in [2.05, 4.69) is 71.9 Å². The van der Waals surface area contributed by atoms with Crippen LogP contribution in [0.3, 0.4) is 0 Å². The maximum Gasteiger partial charge on any atom is 0.396 e. The van der Waals surface area contributed by atoms with Gasteiger partial charge in [0.15, 0.2) is 17.8 Å². The second kappa shape index (κ2) is 3.51. The van der Waals surface area contributed by atoms with Crippen molar-refractivity contribution in [3.05, 3.63) is 48.7 Å². The predicted octanol–water partition coefficient (Wildman–Crippen LogP) is 1.06. The molecule has 80 valence electrons. The first-order valence-electron chi connectivity index (χ1n) is 5.91. The highest BCUT2D eigenvalue weighted by atomic mass is 15.2. The fourth-order valence-electron chi connectivity index (χ4n) is 2.72. The molecule has 0 amide bonds. The van der Waals surface area contributed by atoms with Gasteiger partial charge in [0.05, 0.1) is 6.04 Å².